The Balaban J connectivity index is 1.71. The van der Waals surface area contributed by atoms with E-state index in [1.807, 2.05) is 0 Å². The van der Waals surface area contributed by atoms with E-state index in [-0.39, 0.29) is 27.1 Å². The quantitative estimate of drug-likeness (QED) is 0.834. The van der Waals surface area contributed by atoms with E-state index in [2.05, 4.69) is 20.8 Å². The number of aromatic nitrogens is 2. The van der Waals surface area contributed by atoms with Crippen LogP contribution in [0.2, 0.25) is 0 Å². The molecule has 1 atom stereocenters. The number of nitrogens with one attached hydrogen (secondary N) is 2. The average Bonchev–Trinajstić information content (AvgIpc) is 3.03. The van der Waals surface area contributed by atoms with Gasteiger partial charge in [0.05, 0.1) is 16.7 Å². The van der Waals surface area contributed by atoms with Gasteiger partial charge >= 0.3 is 12.2 Å². The van der Waals surface area contributed by atoms with E-state index < -0.39 is 33.1 Å². The molecule has 0 saturated carbocycles. The molecule has 1 aliphatic rings. The maximum absolute atomic E-state index is 12.4. The van der Waals surface area contributed by atoms with Crippen LogP contribution in [0.4, 0.5) is 23.1 Å². The van der Waals surface area contributed by atoms with Gasteiger partial charge < -0.3 is 5.32 Å². The lowest BCUT2D eigenvalue weighted by atomic mass is 10.1. The van der Waals surface area contributed by atoms with E-state index in [9.17, 15) is 26.4 Å². The van der Waals surface area contributed by atoms with Gasteiger partial charge in [-0.3, -0.25) is 5.32 Å². The van der Waals surface area contributed by atoms with Crippen molar-refractivity contribution >= 4 is 32.3 Å². The fraction of sp³-hybridized carbons (Fsp3) is 0.250. The molecule has 1 aromatic heterocycles. The third-order valence-corrected chi connectivity index (χ3v) is 5.91. The van der Waals surface area contributed by atoms with Crippen LogP contribution in [0.3, 0.4) is 0 Å². The Morgan fingerprint density at radius 2 is 1.96 bits per heavy atom. The number of benzene rings is 1. The number of anilines is 1. The molecular weight excluding hydrogens is 369 g/mol. The predicted octanol–water partition coefficient (Wildman–Crippen LogP) is 2.21. The van der Waals surface area contributed by atoms with Crippen molar-refractivity contribution < 1.29 is 26.4 Å². The zero-order valence-corrected chi connectivity index (χ0v) is 13.3. The number of urea groups is 1. The molecule has 0 bridgehead atoms. The average molecular weight is 378 g/mol. The molecule has 2 heterocycles. The topological polar surface area (TPSA) is 101 Å². The smallest absolute Gasteiger partial charge is 0.330 e. The number of amides is 2. The van der Waals surface area contributed by atoms with Gasteiger partial charge in [0.2, 0.25) is 10.1 Å². The van der Waals surface area contributed by atoms with E-state index in [1.165, 1.54) is 6.07 Å². The van der Waals surface area contributed by atoms with Crippen molar-refractivity contribution in [3.8, 4) is 0 Å². The summed E-state index contributed by atoms with van der Waals surface area (Å²) >= 11 is 0.174. The van der Waals surface area contributed by atoms with Gasteiger partial charge in [0.1, 0.15) is 0 Å². The van der Waals surface area contributed by atoms with Gasteiger partial charge in [-0.25, -0.2) is 13.2 Å². The molecule has 1 unspecified atom stereocenters. The van der Waals surface area contributed by atoms with Gasteiger partial charge in [-0.05, 0) is 11.6 Å². The van der Waals surface area contributed by atoms with Gasteiger partial charge in [0.15, 0.2) is 9.84 Å². The normalized spacial score (nSPS) is 18.9. The van der Waals surface area contributed by atoms with Gasteiger partial charge in [-0.15, -0.1) is 10.2 Å². The van der Waals surface area contributed by atoms with E-state index >= 15 is 0 Å². The highest BCUT2D eigenvalue weighted by Gasteiger charge is 2.37. The zero-order chi connectivity index (χ0) is 17.5. The standard InChI is InChI=1S/C12H9F3N4O3S2/c13-12(14,15)9-18-19-11(23-9)17-10(20)16-7-5-24(21,22)8-4-2-1-3-6(7)8/h1-4,7H,5H2,(H2,16,17,19,20). The monoisotopic (exact) mass is 378 g/mol. The lowest BCUT2D eigenvalue weighted by Crippen LogP contribution is -2.33. The molecule has 0 fully saturated rings. The SMILES string of the molecule is O=C(Nc1nnc(C(F)(F)F)s1)NC1CS(=O)(=O)c2ccccc21. The summed E-state index contributed by atoms with van der Waals surface area (Å²) in [5.74, 6) is -0.316. The number of rotatable bonds is 2. The van der Waals surface area contributed by atoms with Gasteiger partial charge in [0.25, 0.3) is 0 Å². The molecule has 2 amide bonds. The maximum atomic E-state index is 12.4. The molecule has 12 heteroatoms. The number of hydrogen-bond donors (Lipinski definition) is 2. The summed E-state index contributed by atoms with van der Waals surface area (Å²) in [5.41, 5.74) is 0.431. The third-order valence-electron chi connectivity index (χ3n) is 3.21. The van der Waals surface area contributed by atoms with Crippen LogP contribution < -0.4 is 10.6 Å². The molecule has 1 aliphatic heterocycles. The lowest BCUT2D eigenvalue weighted by molar-refractivity contribution is -0.138. The van der Waals surface area contributed by atoms with Crippen molar-refractivity contribution in [1.82, 2.24) is 15.5 Å². The fourth-order valence-electron chi connectivity index (χ4n) is 2.25. The highest BCUT2D eigenvalue weighted by atomic mass is 32.2. The molecule has 0 radical (unpaired) electrons. The summed E-state index contributed by atoms with van der Waals surface area (Å²) in [7, 11) is -3.51. The van der Waals surface area contributed by atoms with Crippen LogP contribution in [0.25, 0.3) is 0 Å². The molecular formula is C12H9F3N4O3S2. The van der Waals surface area contributed by atoms with E-state index in [0.29, 0.717) is 5.56 Å². The lowest BCUT2D eigenvalue weighted by Gasteiger charge is -2.12. The zero-order valence-electron chi connectivity index (χ0n) is 11.7. The Bertz CT molecular complexity index is 895. The van der Waals surface area contributed by atoms with Crippen molar-refractivity contribution in [2.24, 2.45) is 0 Å². The molecule has 0 aliphatic carbocycles. The second kappa shape index (κ2) is 5.70. The summed E-state index contributed by atoms with van der Waals surface area (Å²) < 4.78 is 61.3. The highest BCUT2D eigenvalue weighted by Crippen LogP contribution is 2.34. The van der Waals surface area contributed by atoms with Crippen molar-refractivity contribution in [2.75, 3.05) is 11.1 Å². The number of sulfone groups is 1. The van der Waals surface area contributed by atoms with E-state index in [1.54, 1.807) is 18.2 Å². The summed E-state index contributed by atoms with van der Waals surface area (Å²) in [6.07, 6.45) is -4.65. The Kier molecular flexibility index (Phi) is 3.95. The van der Waals surface area contributed by atoms with Crippen LogP contribution in [-0.2, 0) is 16.0 Å². The van der Waals surface area contributed by atoms with Gasteiger partial charge in [-0.2, -0.15) is 13.2 Å². The summed E-state index contributed by atoms with van der Waals surface area (Å²) in [5, 5.41) is 9.17. The number of nitrogens with zero attached hydrogens (tertiary/aromatic N) is 2. The molecule has 7 nitrogen and oxygen atoms in total. The van der Waals surface area contributed by atoms with Crippen LogP contribution in [0, 0.1) is 0 Å². The minimum Gasteiger partial charge on any atom is -0.330 e. The molecule has 2 N–H and O–H groups in total. The Hall–Kier alpha value is -2.21. The van der Waals surface area contributed by atoms with E-state index in [4.69, 9.17) is 0 Å². The first-order valence-electron chi connectivity index (χ1n) is 6.47. The van der Waals surface area contributed by atoms with Crippen molar-refractivity contribution in [3.05, 3.63) is 34.8 Å². The number of hydrogen-bond acceptors (Lipinski definition) is 6. The molecule has 3 rings (SSSR count). The van der Waals surface area contributed by atoms with Crippen LogP contribution in [0.1, 0.15) is 16.6 Å². The molecule has 2 aromatic rings. The first kappa shape index (κ1) is 16.6. The second-order valence-corrected chi connectivity index (χ2v) is 7.86. The molecule has 0 saturated heterocycles. The number of alkyl halides is 3. The Labute approximate surface area is 137 Å². The van der Waals surface area contributed by atoms with Gasteiger partial charge in [-0.1, -0.05) is 29.5 Å². The van der Waals surface area contributed by atoms with Crippen molar-refractivity contribution in [2.45, 2.75) is 17.1 Å². The number of carbonyl (C=O) groups excluding carboxylic acids is 1. The minimum atomic E-state index is -4.65. The highest BCUT2D eigenvalue weighted by molar-refractivity contribution is 7.91. The third kappa shape index (κ3) is 3.19. The summed E-state index contributed by atoms with van der Waals surface area (Å²) in [6, 6.07) is 4.55. The molecule has 128 valence electrons. The maximum Gasteiger partial charge on any atom is 0.445 e. The van der Waals surface area contributed by atoms with Crippen LogP contribution in [-0.4, -0.2) is 30.4 Å². The number of halogens is 3. The first-order valence-corrected chi connectivity index (χ1v) is 8.93. The molecule has 1 aromatic carbocycles. The number of carbonyl (C=O) groups is 1. The molecule has 0 spiro atoms. The van der Waals surface area contributed by atoms with E-state index in [0.717, 1.165) is 0 Å². The van der Waals surface area contributed by atoms with Crippen LogP contribution in [0.5, 0.6) is 0 Å². The van der Waals surface area contributed by atoms with Crippen molar-refractivity contribution in [1.29, 1.82) is 0 Å². The fourth-order valence-corrected chi connectivity index (χ4v) is 4.59. The summed E-state index contributed by atoms with van der Waals surface area (Å²) in [4.78, 5) is 12.0. The van der Waals surface area contributed by atoms with Crippen molar-refractivity contribution in [3.63, 3.8) is 0 Å². The minimum absolute atomic E-state index is 0.130. The van der Waals surface area contributed by atoms with Crippen LogP contribution in [0.15, 0.2) is 29.2 Å². The summed E-state index contributed by atoms with van der Waals surface area (Å²) in [6.45, 7) is 0. The molecule has 24 heavy (non-hydrogen) atoms. The predicted molar refractivity (Wildman–Crippen MR) is 78.3 cm³/mol. The van der Waals surface area contributed by atoms with Crippen LogP contribution >= 0.6 is 11.3 Å². The Morgan fingerprint density at radius 3 is 2.62 bits per heavy atom. The Morgan fingerprint density at radius 1 is 1.25 bits per heavy atom. The number of fused-ring (bicyclic) bond motifs is 1. The van der Waals surface area contributed by atoms with Gasteiger partial charge in [0, 0.05) is 0 Å². The second-order valence-electron chi connectivity index (χ2n) is 4.88. The first-order chi connectivity index (χ1) is 11.2. The largest absolute Gasteiger partial charge is 0.445 e.